The fraction of sp³-hybridized carbons (Fsp3) is 0.316. The monoisotopic (exact) mass is 372 g/mol. The molecule has 0 aliphatic rings. The molecule has 0 radical (unpaired) electrons. The Bertz CT molecular complexity index is 952. The summed E-state index contributed by atoms with van der Waals surface area (Å²) in [6.45, 7) is 4.31. The maximum atomic E-state index is 12.4. The zero-order chi connectivity index (χ0) is 18.7. The smallest absolute Gasteiger partial charge is 0.273 e. The Morgan fingerprint density at radius 3 is 2.85 bits per heavy atom. The van der Waals surface area contributed by atoms with Crippen LogP contribution >= 0.6 is 11.6 Å². The highest BCUT2D eigenvalue weighted by Crippen LogP contribution is 2.22. The second kappa shape index (κ2) is 7.74. The van der Waals surface area contributed by atoms with E-state index in [0.717, 1.165) is 35.5 Å². The van der Waals surface area contributed by atoms with Crippen LogP contribution in [0.2, 0.25) is 5.02 Å². The standard InChI is InChI=1S/C19H21ClN4O2/c1-12-11-13(2)24-18(22-12)16(20)17(23-24)19(25)21-10-6-8-14-7-4-5-9-15(14)26-3/h4-5,7,9,11H,6,8,10H2,1-3H3,(H,21,25). The molecular weight excluding hydrogens is 352 g/mol. The van der Waals surface area contributed by atoms with Crippen LogP contribution in [0.15, 0.2) is 30.3 Å². The van der Waals surface area contributed by atoms with E-state index in [2.05, 4.69) is 15.4 Å². The molecule has 2 heterocycles. The van der Waals surface area contributed by atoms with Crippen LogP contribution in [-0.4, -0.2) is 34.2 Å². The molecule has 3 aromatic rings. The minimum Gasteiger partial charge on any atom is -0.496 e. The first-order chi connectivity index (χ1) is 12.5. The summed E-state index contributed by atoms with van der Waals surface area (Å²) < 4.78 is 6.93. The van der Waals surface area contributed by atoms with Crippen molar-refractivity contribution >= 4 is 23.2 Å². The molecular formula is C19H21ClN4O2. The van der Waals surface area contributed by atoms with Crippen molar-refractivity contribution in [2.75, 3.05) is 13.7 Å². The summed E-state index contributed by atoms with van der Waals surface area (Å²) >= 11 is 6.32. The minimum atomic E-state index is -0.294. The maximum absolute atomic E-state index is 12.4. The van der Waals surface area contributed by atoms with E-state index >= 15 is 0 Å². The predicted molar refractivity (Wildman–Crippen MR) is 101 cm³/mol. The van der Waals surface area contributed by atoms with Gasteiger partial charge in [0.2, 0.25) is 0 Å². The molecule has 0 aliphatic heterocycles. The molecule has 136 valence electrons. The molecule has 1 N–H and O–H groups in total. The number of carbonyl (C=O) groups is 1. The molecule has 1 amide bonds. The van der Waals surface area contributed by atoms with Gasteiger partial charge in [-0.25, -0.2) is 9.50 Å². The molecule has 0 saturated heterocycles. The number of nitrogens with zero attached hydrogens (tertiary/aromatic N) is 3. The Hall–Kier alpha value is -2.60. The quantitative estimate of drug-likeness (QED) is 0.673. The highest BCUT2D eigenvalue weighted by molar-refractivity contribution is 6.36. The summed E-state index contributed by atoms with van der Waals surface area (Å²) in [6.07, 6.45) is 1.59. The molecule has 1 aromatic carbocycles. The lowest BCUT2D eigenvalue weighted by atomic mass is 10.1. The third kappa shape index (κ3) is 3.65. The molecule has 3 rings (SSSR count). The number of rotatable bonds is 6. The second-order valence-electron chi connectivity index (χ2n) is 6.11. The third-order valence-corrected chi connectivity index (χ3v) is 4.50. The summed E-state index contributed by atoms with van der Waals surface area (Å²) in [5.41, 5.74) is 3.53. The molecule has 0 fully saturated rings. The molecule has 0 saturated carbocycles. The van der Waals surface area contributed by atoms with Crippen molar-refractivity contribution in [3.63, 3.8) is 0 Å². The molecule has 2 aromatic heterocycles. The van der Waals surface area contributed by atoms with Gasteiger partial charge in [-0.15, -0.1) is 0 Å². The van der Waals surface area contributed by atoms with Gasteiger partial charge in [0.1, 0.15) is 10.8 Å². The summed E-state index contributed by atoms with van der Waals surface area (Å²) in [5, 5.41) is 7.46. The summed E-state index contributed by atoms with van der Waals surface area (Å²) in [4.78, 5) is 16.8. The zero-order valence-electron chi connectivity index (χ0n) is 15.0. The van der Waals surface area contributed by atoms with Gasteiger partial charge in [-0.05, 0) is 44.4 Å². The van der Waals surface area contributed by atoms with E-state index in [-0.39, 0.29) is 16.6 Å². The molecule has 0 bridgehead atoms. The van der Waals surface area contributed by atoms with E-state index in [9.17, 15) is 4.79 Å². The lowest BCUT2D eigenvalue weighted by Gasteiger charge is -2.08. The van der Waals surface area contributed by atoms with E-state index in [0.29, 0.717) is 12.2 Å². The number of aromatic nitrogens is 3. The van der Waals surface area contributed by atoms with Crippen LogP contribution in [0, 0.1) is 13.8 Å². The van der Waals surface area contributed by atoms with Crippen LogP contribution < -0.4 is 10.1 Å². The fourth-order valence-corrected chi connectivity index (χ4v) is 3.16. The maximum Gasteiger partial charge on any atom is 0.273 e. The zero-order valence-corrected chi connectivity index (χ0v) is 15.8. The number of hydrogen-bond donors (Lipinski definition) is 1. The number of aryl methyl sites for hydroxylation is 3. The topological polar surface area (TPSA) is 68.5 Å². The first-order valence-electron chi connectivity index (χ1n) is 8.44. The largest absolute Gasteiger partial charge is 0.496 e. The molecule has 0 spiro atoms. The van der Waals surface area contributed by atoms with Gasteiger partial charge in [-0.2, -0.15) is 5.10 Å². The number of methoxy groups -OCH3 is 1. The van der Waals surface area contributed by atoms with E-state index in [1.54, 1.807) is 11.6 Å². The SMILES string of the molecule is COc1ccccc1CCCNC(=O)c1nn2c(C)cc(C)nc2c1Cl. The lowest BCUT2D eigenvalue weighted by molar-refractivity contribution is 0.0948. The second-order valence-corrected chi connectivity index (χ2v) is 6.49. The summed E-state index contributed by atoms with van der Waals surface area (Å²) in [5.74, 6) is 0.566. The van der Waals surface area contributed by atoms with Crippen LogP contribution in [0.5, 0.6) is 5.75 Å². The first-order valence-corrected chi connectivity index (χ1v) is 8.81. The van der Waals surface area contributed by atoms with Crippen LogP contribution in [0.1, 0.15) is 33.9 Å². The number of para-hydroxylation sites is 1. The van der Waals surface area contributed by atoms with Crippen molar-refractivity contribution in [3.05, 3.63) is 58.0 Å². The Balaban J connectivity index is 1.65. The molecule has 0 aliphatic carbocycles. The molecule has 0 atom stereocenters. The fourth-order valence-electron chi connectivity index (χ4n) is 2.91. The van der Waals surface area contributed by atoms with Gasteiger partial charge in [0.05, 0.1) is 7.11 Å². The Morgan fingerprint density at radius 2 is 2.08 bits per heavy atom. The van der Waals surface area contributed by atoms with E-state index in [1.807, 2.05) is 44.2 Å². The Labute approximate surface area is 157 Å². The number of nitrogens with one attached hydrogen (secondary N) is 1. The van der Waals surface area contributed by atoms with Crippen LogP contribution in [0.4, 0.5) is 0 Å². The number of ether oxygens (including phenoxy) is 1. The number of benzene rings is 1. The van der Waals surface area contributed by atoms with Gasteiger partial charge >= 0.3 is 0 Å². The van der Waals surface area contributed by atoms with Crippen molar-refractivity contribution in [2.24, 2.45) is 0 Å². The van der Waals surface area contributed by atoms with Gasteiger partial charge in [0, 0.05) is 17.9 Å². The van der Waals surface area contributed by atoms with E-state index in [4.69, 9.17) is 16.3 Å². The number of amides is 1. The summed E-state index contributed by atoms with van der Waals surface area (Å²) in [7, 11) is 1.66. The van der Waals surface area contributed by atoms with Gasteiger partial charge in [-0.1, -0.05) is 29.8 Å². The first kappa shape index (κ1) is 18.2. The van der Waals surface area contributed by atoms with Crippen molar-refractivity contribution in [2.45, 2.75) is 26.7 Å². The average molecular weight is 373 g/mol. The highest BCUT2D eigenvalue weighted by atomic mass is 35.5. The molecule has 6 nitrogen and oxygen atoms in total. The number of halogens is 1. The van der Waals surface area contributed by atoms with Crippen molar-refractivity contribution < 1.29 is 9.53 Å². The van der Waals surface area contributed by atoms with Crippen molar-refractivity contribution in [3.8, 4) is 5.75 Å². The molecule has 0 unspecified atom stereocenters. The van der Waals surface area contributed by atoms with Gasteiger partial charge < -0.3 is 10.1 Å². The average Bonchev–Trinajstić information content (AvgIpc) is 2.96. The molecule has 7 heteroatoms. The van der Waals surface area contributed by atoms with Gasteiger partial charge in [0.15, 0.2) is 11.3 Å². The van der Waals surface area contributed by atoms with Crippen LogP contribution in [0.25, 0.3) is 5.65 Å². The summed E-state index contributed by atoms with van der Waals surface area (Å²) in [6, 6.07) is 9.76. The van der Waals surface area contributed by atoms with Crippen molar-refractivity contribution in [1.82, 2.24) is 19.9 Å². The van der Waals surface area contributed by atoms with E-state index < -0.39 is 0 Å². The normalized spacial score (nSPS) is 10.9. The van der Waals surface area contributed by atoms with E-state index in [1.165, 1.54) is 0 Å². The number of fused-ring (bicyclic) bond motifs is 1. The van der Waals surface area contributed by atoms with Gasteiger partial charge in [0.25, 0.3) is 5.91 Å². The Kier molecular flexibility index (Phi) is 5.42. The van der Waals surface area contributed by atoms with Gasteiger partial charge in [-0.3, -0.25) is 4.79 Å². The van der Waals surface area contributed by atoms with Crippen LogP contribution in [-0.2, 0) is 6.42 Å². The number of hydrogen-bond acceptors (Lipinski definition) is 4. The van der Waals surface area contributed by atoms with Crippen molar-refractivity contribution in [1.29, 1.82) is 0 Å². The lowest BCUT2D eigenvalue weighted by Crippen LogP contribution is -2.25. The minimum absolute atomic E-state index is 0.199. The number of carbonyl (C=O) groups excluding carboxylic acids is 1. The highest BCUT2D eigenvalue weighted by Gasteiger charge is 2.19. The molecule has 26 heavy (non-hydrogen) atoms. The predicted octanol–water partition coefficient (Wildman–Crippen LogP) is 3.37. The Morgan fingerprint density at radius 1 is 1.31 bits per heavy atom. The van der Waals surface area contributed by atoms with Crippen LogP contribution in [0.3, 0.4) is 0 Å². The third-order valence-electron chi connectivity index (χ3n) is 4.16.